The highest BCUT2D eigenvalue weighted by molar-refractivity contribution is 5.69. The Hall–Kier alpha value is -1.50. The maximum Gasteiger partial charge on any atom is 0.410 e. The molecule has 0 spiro atoms. The Kier molecular flexibility index (Phi) is 9.46. The van der Waals surface area contributed by atoms with Crippen molar-refractivity contribution in [3.63, 3.8) is 0 Å². The molecule has 2 aliphatic heterocycles. The first-order chi connectivity index (χ1) is 13.6. The molecule has 0 unspecified atom stereocenters. The van der Waals surface area contributed by atoms with Crippen LogP contribution in [0.15, 0.2) is 0 Å². The van der Waals surface area contributed by atoms with Crippen LogP contribution >= 0.6 is 0 Å². The topological polar surface area (TPSA) is 79.3 Å². The van der Waals surface area contributed by atoms with Crippen LogP contribution in [0.2, 0.25) is 0 Å². The summed E-state index contributed by atoms with van der Waals surface area (Å²) in [4.78, 5) is 27.1. The lowest BCUT2D eigenvalue weighted by atomic mass is 9.94. The Bertz CT molecular complexity index is 517. The van der Waals surface area contributed by atoms with Crippen molar-refractivity contribution >= 4 is 12.2 Å². The Labute approximate surface area is 183 Å². The van der Waals surface area contributed by atoms with Crippen LogP contribution in [0.3, 0.4) is 0 Å². The monoisotopic (exact) mass is 428 g/mol. The van der Waals surface area contributed by atoms with E-state index in [9.17, 15) is 14.7 Å². The van der Waals surface area contributed by atoms with Crippen molar-refractivity contribution in [2.24, 2.45) is 5.92 Å². The lowest BCUT2D eigenvalue weighted by Gasteiger charge is -2.37. The average Bonchev–Trinajstić information content (AvgIpc) is 2.51. The second-order valence-electron chi connectivity index (χ2n) is 10.9. The van der Waals surface area contributed by atoms with Gasteiger partial charge in [0.2, 0.25) is 0 Å². The third-order valence-corrected chi connectivity index (χ3v) is 5.24. The zero-order valence-electron chi connectivity index (χ0n) is 20.5. The van der Waals surface area contributed by atoms with Crippen LogP contribution in [0, 0.1) is 5.92 Å². The lowest BCUT2D eigenvalue weighted by molar-refractivity contribution is -0.00469. The minimum Gasteiger partial charge on any atom is -0.444 e. The molecule has 2 saturated heterocycles. The molecule has 7 heteroatoms. The minimum absolute atomic E-state index is 0.0589. The van der Waals surface area contributed by atoms with Crippen molar-refractivity contribution in [3.05, 3.63) is 0 Å². The molecule has 7 nitrogen and oxygen atoms in total. The molecule has 176 valence electrons. The van der Waals surface area contributed by atoms with Crippen molar-refractivity contribution in [1.82, 2.24) is 9.80 Å². The standard InChI is InChI=1S/C12H23NO2.C11H21NO3/c1-9-6-7-13(10(2)8-9)11(14)15-12(3,4)5;1-8-7-9(13)5-6-12(8)10(14)15-11(2,3)4/h9-10H,6-8H2,1-5H3;8-9,13H,5-7H2,1-4H3/t9-,10+;8-,9+/m01/s1. The van der Waals surface area contributed by atoms with Crippen molar-refractivity contribution in [1.29, 1.82) is 0 Å². The predicted molar refractivity (Wildman–Crippen MR) is 118 cm³/mol. The molecule has 1 N–H and O–H groups in total. The maximum absolute atomic E-state index is 11.8. The molecule has 2 rings (SSSR count). The van der Waals surface area contributed by atoms with Crippen molar-refractivity contribution in [2.75, 3.05) is 13.1 Å². The van der Waals surface area contributed by atoms with E-state index in [1.807, 2.05) is 53.4 Å². The van der Waals surface area contributed by atoms with Crippen LogP contribution in [0.25, 0.3) is 0 Å². The lowest BCUT2D eigenvalue weighted by Crippen LogP contribution is -2.47. The van der Waals surface area contributed by atoms with E-state index in [-0.39, 0.29) is 29.9 Å². The molecule has 2 fully saturated rings. The van der Waals surface area contributed by atoms with Gasteiger partial charge in [0.25, 0.3) is 0 Å². The second-order valence-corrected chi connectivity index (χ2v) is 10.9. The van der Waals surface area contributed by atoms with Gasteiger partial charge in [-0.05, 0) is 87.0 Å². The SMILES string of the molecule is C[C@@H]1C[C@@H](O)CCN1C(=O)OC(C)(C)C.C[C@H]1CCN(C(=O)OC(C)(C)C)[C@H](C)C1. The van der Waals surface area contributed by atoms with Gasteiger partial charge in [-0.1, -0.05) is 6.92 Å². The molecule has 0 saturated carbocycles. The molecule has 2 amide bonds. The van der Waals surface area contributed by atoms with E-state index in [1.165, 1.54) is 0 Å². The number of nitrogens with zero attached hydrogens (tertiary/aromatic N) is 2. The molecule has 4 atom stereocenters. The van der Waals surface area contributed by atoms with Crippen LogP contribution in [0.5, 0.6) is 0 Å². The summed E-state index contributed by atoms with van der Waals surface area (Å²) in [5.74, 6) is 0.721. The van der Waals surface area contributed by atoms with Crippen molar-refractivity contribution in [3.8, 4) is 0 Å². The summed E-state index contributed by atoms with van der Waals surface area (Å²) >= 11 is 0. The fourth-order valence-electron chi connectivity index (χ4n) is 3.74. The van der Waals surface area contributed by atoms with E-state index in [4.69, 9.17) is 9.47 Å². The number of piperidine rings is 2. The van der Waals surface area contributed by atoms with Gasteiger partial charge >= 0.3 is 12.2 Å². The van der Waals surface area contributed by atoms with Gasteiger partial charge in [0.15, 0.2) is 0 Å². The van der Waals surface area contributed by atoms with Gasteiger partial charge in [-0.25, -0.2) is 9.59 Å². The number of hydrogen-bond acceptors (Lipinski definition) is 5. The van der Waals surface area contributed by atoms with Gasteiger partial charge < -0.3 is 24.4 Å². The normalized spacial score (nSPS) is 27.7. The largest absolute Gasteiger partial charge is 0.444 e. The zero-order chi connectivity index (χ0) is 23.3. The molecule has 0 aliphatic carbocycles. The number of aliphatic hydroxyl groups is 1. The molecule has 0 aromatic carbocycles. The third-order valence-electron chi connectivity index (χ3n) is 5.24. The van der Waals surface area contributed by atoms with Gasteiger partial charge in [0, 0.05) is 25.2 Å². The van der Waals surface area contributed by atoms with Gasteiger partial charge in [-0.15, -0.1) is 0 Å². The van der Waals surface area contributed by atoms with Crippen molar-refractivity contribution in [2.45, 2.75) is 117 Å². The van der Waals surface area contributed by atoms with Gasteiger partial charge in [0.1, 0.15) is 11.2 Å². The quantitative estimate of drug-likeness (QED) is 0.599. The highest BCUT2D eigenvalue weighted by Gasteiger charge is 2.31. The van der Waals surface area contributed by atoms with Crippen LogP contribution < -0.4 is 0 Å². The van der Waals surface area contributed by atoms with Gasteiger partial charge in [0.05, 0.1) is 6.10 Å². The maximum atomic E-state index is 11.8. The average molecular weight is 429 g/mol. The summed E-state index contributed by atoms with van der Waals surface area (Å²) in [7, 11) is 0. The van der Waals surface area contributed by atoms with E-state index in [2.05, 4.69) is 13.8 Å². The summed E-state index contributed by atoms with van der Waals surface area (Å²) in [5.41, 5.74) is -0.841. The number of carbonyl (C=O) groups excluding carboxylic acids is 2. The molecule has 0 radical (unpaired) electrons. The Morgan fingerprint density at radius 3 is 1.53 bits per heavy atom. The predicted octanol–water partition coefficient (Wildman–Crippen LogP) is 4.81. The molecule has 0 aromatic heterocycles. The Morgan fingerprint density at radius 1 is 0.767 bits per heavy atom. The molecule has 0 aromatic rings. The first-order valence-corrected chi connectivity index (χ1v) is 11.3. The minimum atomic E-state index is -0.452. The van der Waals surface area contributed by atoms with Crippen LogP contribution in [-0.4, -0.2) is 69.6 Å². The molecule has 0 bridgehead atoms. The van der Waals surface area contributed by atoms with E-state index < -0.39 is 5.60 Å². The summed E-state index contributed by atoms with van der Waals surface area (Å²) in [5, 5.41) is 9.43. The Morgan fingerprint density at radius 2 is 1.17 bits per heavy atom. The third kappa shape index (κ3) is 9.54. The van der Waals surface area contributed by atoms with Crippen LogP contribution in [-0.2, 0) is 9.47 Å². The number of hydrogen-bond donors (Lipinski definition) is 1. The first-order valence-electron chi connectivity index (χ1n) is 11.3. The van der Waals surface area contributed by atoms with Gasteiger partial charge in [-0.3, -0.25) is 0 Å². The van der Waals surface area contributed by atoms with E-state index in [0.717, 1.165) is 25.3 Å². The molecular formula is C23H44N2O5. The molecule has 2 aliphatic rings. The number of likely N-dealkylation sites (tertiary alicyclic amines) is 2. The number of carbonyl (C=O) groups is 2. The fraction of sp³-hybridized carbons (Fsp3) is 0.913. The summed E-state index contributed by atoms with van der Waals surface area (Å²) < 4.78 is 10.7. The number of aliphatic hydroxyl groups excluding tert-OH is 1. The van der Waals surface area contributed by atoms with E-state index in [0.29, 0.717) is 25.4 Å². The zero-order valence-corrected chi connectivity index (χ0v) is 20.5. The molecule has 30 heavy (non-hydrogen) atoms. The number of rotatable bonds is 0. The molecular weight excluding hydrogens is 384 g/mol. The summed E-state index contributed by atoms with van der Waals surface area (Å²) in [6.45, 7) is 19.0. The summed E-state index contributed by atoms with van der Waals surface area (Å²) in [6, 6.07) is 0.368. The number of ether oxygens (including phenoxy) is 2. The Balaban J connectivity index is 0.000000300. The highest BCUT2D eigenvalue weighted by Crippen LogP contribution is 2.24. The second kappa shape index (κ2) is 10.7. The first kappa shape index (κ1) is 26.5. The highest BCUT2D eigenvalue weighted by atomic mass is 16.6. The summed E-state index contributed by atoms with van der Waals surface area (Å²) in [6.07, 6.45) is 2.73. The van der Waals surface area contributed by atoms with Crippen LogP contribution in [0.4, 0.5) is 9.59 Å². The van der Waals surface area contributed by atoms with E-state index >= 15 is 0 Å². The molecule has 2 heterocycles. The van der Waals surface area contributed by atoms with E-state index in [1.54, 1.807) is 4.90 Å². The van der Waals surface area contributed by atoms with Gasteiger partial charge in [-0.2, -0.15) is 0 Å². The van der Waals surface area contributed by atoms with Crippen molar-refractivity contribution < 1.29 is 24.2 Å². The number of amides is 2. The van der Waals surface area contributed by atoms with Crippen LogP contribution in [0.1, 0.15) is 88.0 Å². The fourth-order valence-corrected chi connectivity index (χ4v) is 3.74. The smallest absolute Gasteiger partial charge is 0.410 e.